The standard InChI is InChI=1S/C16H15N3S/c1-2-12-8-9-14(20-12)16-18-13(10-15(17)19-16)11-6-4-3-5-7-11/h3-10H,2H2,1H3,(H2,17,18,19). The topological polar surface area (TPSA) is 51.8 Å². The summed E-state index contributed by atoms with van der Waals surface area (Å²) in [5.41, 5.74) is 7.84. The second-order valence-corrected chi connectivity index (χ2v) is 5.66. The Bertz CT molecular complexity index is 720. The molecule has 2 aromatic heterocycles. The minimum atomic E-state index is 0.500. The molecule has 0 unspecified atom stereocenters. The van der Waals surface area contributed by atoms with Crippen LogP contribution in [0.4, 0.5) is 5.82 Å². The first-order valence-electron chi connectivity index (χ1n) is 6.55. The Morgan fingerprint density at radius 2 is 1.85 bits per heavy atom. The van der Waals surface area contributed by atoms with E-state index in [1.807, 2.05) is 36.4 Å². The van der Waals surface area contributed by atoms with Crippen LogP contribution in [0.2, 0.25) is 0 Å². The first-order valence-corrected chi connectivity index (χ1v) is 7.37. The van der Waals surface area contributed by atoms with E-state index >= 15 is 0 Å². The predicted octanol–water partition coefficient (Wildman–Crippen LogP) is 4.02. The van der Waals surface area contributed by atoms with Crippen LogP contribution in [0, 0.1) is 0 Å². The average Bonchev–Trinajstić information content (AvgIpc) is 2.96. The molecule has 3 aromatic rings. The first kappa shape index (κ1) is 12.8. The van der Waals surface area contributed by atoms with Crippen molar-refractivity contribution < 1.29 is 0 Å². The number of benzene rings is 1. The number of nitrogens with zero attached hydrogens (tertiary/aromatic N) is 2. The van der Waals surface area contributed by atoms with E-state index in [1.165, 1.54) is 4.88 Å². The summed E-state index contributed by atoms with van der Waals surface area (Å²) in [4.78, 5) is 11.4. The summed E-state index contributed by atoms with van der Waals surface area (Å²) in [6, 6.07) is 16.0. The lowest BCUT2D eigenvalue weighted by Crippen LogP contribution is -1.96. The molecule has 0 aliphatic rings. The van der Waals surface area contributed by atoms with Gasteiger partial charge in [0.2, 0.25) is 0 Å². The van der Waals surface area contributed by atoms with E-state index in [2.05, 4.69) is 29.0 Å². The van der Waals surface area contributed by atoms with Crippen LogP contribution in [0.25, 0.3) is 22.0 Å². The summed E-state index contributed by atoms with van der Waals surface area (Å²) in [6.07, 6.45) is 1.03. The quantitative estimate of drug-likeness (QED) is 0.789. The maximum atomic E-state index is 5.93. The average molecular weight is 281 g/mol. The Kier molecular flexibility index (Phi) is 3.48. The molecule has 20 heavy (non-hydrogen) atoms. The Morgan fingerprint density at radius 3 is 2.55 bits per heavy atom. The fraction of sp³-hybridized carbons (Fsp3) is 0.125. The number of thiophene rings is 1. The van der Waals surface area contributed by atoms with Gasteiger partial charge in [0, 0.05) is 16.5 Å². The Balaban J connectivity index is 2.07. The van der Waals surface area contributed by atoms with Crippen LogP contribution >= 0.6 is 11.3 Å². The van der Waals surface area contributed by atoms with Crippen molar-refractivity contribution in [3.8, 4) is 22.0 Å². The molecule has 0 aliphatic heterocycles. The molecule has 2 heterocycles. The van der Waals surface area contributed by atoms with Gasteiger partial charge in [-0.05, 0) is 18.6 Å². The highest BCUT2D eigenvalue weighted by Crippen LogP contribution is 2.28. The number of nitrogen functional groups attached to an aromatic ring is 1. The molecule has 0 bridgehead atoms. The van der Waals surface area contributed by atoms with E-state index in [1.54, 1.807) is 11.3 Å². The van der Waals surface area contributed by atoms with Gasteiger partial charge in [0.15, 0.2) is 5.82 Å². The van der Waals surface area contributed by atoms with E-state index in [4.69, 9.17) is 5.73 Å². The fourth-order valence-corrected chi connectivity index (χ4v) is 2.90. The summed E-state index contributed by atoms with van der Waals surface area (Å²) in [7, 11) is 0. The molecule has 0 aliphatic carbocycles. The van der Waals surface area contributed by atoms with Crippen LogP contribution in [0.3, 0.4) is 0 Å². The van der Waals surface area contributed by atoms with Gasteiger partial charge in [-0.1, -0.05) is 37.3 Å². The maximum Gasteiger partial charge on any atom is 0.172 e. The third-order valence-corrected chi connectivity index (χ3v) is 4.27. The van der Waals surface area contributed by atoms with E-state index in [0.717, 1.165) is 22.6 Å². The van der Waals surface area contributed by atoms with E-state index in [9.17, 15) is 0 Å². The van der Waals surface area contributed by atoms with E-state index in [0.29, 0.717) is 11.6 Å². The molecule has 0 atom stereocenters. The SMILES string of the molecule is CCc1ccc(-c2nc(N)cc(-c3ccccc3)n2)s1. The van der Waals surface area contributed by atoms with Crippen molar-refractivity contribution in [2.75, 3.05) is 5.73 Å². The number of rotatable bonds is 3. The molecule has 0 saturated carbocycles. The number of anilines is 1. The summed E-state index contributed by atoms with van der Waals surface area (Å²) >= 11 is 1.72. The van der Waals surface area contributed by atoms with E-state index in [-0.39, 0.29) is 0 Å². The molecule has 3 rings (SSSR count). The number of aryl methyl sites for hydroxylation is 1. The van der Waals surface area contributed by atoms with Gasteiger partial charge in [-0.25, -0.2) is 9.97 Å². The van der Waals surface area contributed by atoms with Crippen LogP contribution in [0.15, 0.2) is 48.5 Å². The van der Waals surface area contributed by atoms with Crippen molar-refractivity contribution in [2.24, 2.45) is 0 Å². The minimum absolute atomic E-state index is 0.500. The van der Waals surface area contributed by atoms with Gasteiger partial charge in [-0.15, -0.1) is 11.3 Å². The number of aromatic nitrogens is 2. The second kappa shape index (κ2) is 5.43. The number of nitrogens with two attached hydrogens (primary N) is 1. The van der Waals surface area contributed by atoms with Gasteiger partial charge in [0.1, 0.15) is 5.82 Å². The summed E-state index contributed by atoms with van der Waals surface area (Å²) in [5, 5.41) is 0. The highest BCUT2D eigenvalue weighted by atomic mass is 32.1. The van der Waals surface area contributed by atoms with Gasteiger partial charge in [0.05, 0.1) is 10.6 Å². The highest BCUT2D eigenvalue weighted by molar-refractivity contribution is 7.15. The molecular weight excluding hydrogens is 266 g/mol. The Labute approximate surface area is 122 Å². The van der Waals surface area contributed by atoms with Crippen molar-refractivity contribution >= 4 is 17.2 Å². The van der Waals surface area contributed by atoms with Gasteiger partial charge in [-0.3, -0.25) is 0 Å². The number of hydrogen-bond acceptors (Lipinski definition) is 4. The molecule has 0 amide bonds. The van der Waals surface area contributed by atoms with Crippen LogP contribution in [0.1, 0.15) is 11.8 Å². The monoisotopic (exact) mass is 281 g/mol. The lowest BCUT2D eigenvalue weighted by Gasteiger charge is -2.04. The van der Waals surface area contributed by atoms with Gasteiger partial charge in [0.25, 0.3) is 0 Å². The summed E-state index contributed by atoms with van der Waals surface area (Å²) < 4.78 is 0. The smallest absolute Gasteiger partial charge is 0.172 e. The van der Waals surface area contributed by atoms with Gasteiger partial charge < -0.3 is 5.73 Å². The third-order valence-electron chi connectivity index (χ3n) is 3.05. The van der Waals surface area contributed by atoms with Crippen molar-refractivity contribution in [3.63, 3.8) is 0 Å². The third kappa shape index (κ3) is 2.56. The van der Waals surface area contributed by atoms with Crippen molar-refractivity contribution in [2.45, 2.75) is 13.3 Å². The molecule has 3 nitrogen and oxygen atoms in total. The lowest BCUT2D eigenvalue weighted by atomic mass is 10.1. The van der Waals surface area contributed by atoms with Crippen LogP contribution in [0.5, 0.6) is 0 Å². The molecule has 0 saturated heterocycles. The maximum absolute atomic E-state index is 5.93. The zero-order chi connectivity index (χ0) is 13.9. The predicted molar refractivity (Wildman–Crippen MR) is 84.6 cm³/mol. The zero-order valence-corrected chi connectivity index (χ0v) is 12.0. The van der Waals surface area contributed by atoms with Gasteiger partial charge >= 0.3 is 0 Å². The van der Waals surface area contributed by atoms with Crippen LogP contribution < -0.4 is 5.73 Å². The molecule has 100 valence electrons. The minimum Gasteiger partial charge on any atom is -0.384 e. The van der Waals surface area contributed by atoms with E-state index < -0.39 is 0 Å². The molecule has 0 radical (unpaired) electrons. The molecular formula is C16H15N3S. The summed E-state index contributed by atoms with van der Waals surface area (Å²) in [5.74, 6) is 1.20. The Morgan fingerprint density at radius 1 is 1.05 bits per heavy atom. The van der Waals surface area contributed by atoms with Crippen molar-refractivity contribution in [1.29, 1.82) is 0 Å². The van der Waals surface area contributed by atoms with Crippen molar-refractivity contribution in [1.82, 2.24) is 9.97 Å². The highest BCUT2D eigenvalue weighted by Gasteiger charge is 2.09. The molecule has 0 spiro atoms. The summed E-state index contributed by atoms with van der Waals surface area (Å²) in [6.45, 7) is 2.14. The molecule has 2 N–H and O–H groups in total. The lowest BCUT2D eigenvalue weighted by molar-refractivity contribution is 1.19. The molecule has 0 fully saturated rings. The normalized spacial score (nSPS) is 10.7. The number of hydrogen-bond donors (Lipinski definition) is 1. The second-order valence-electron chi connectivity index (χ2n) is 4.49. The largest absolute Gasteiger partial charge is 0.384 e. The molecule has 1 aromatic carbocycles. The Hall–Kier alpha value is -2.20. The molecule has 4 heteroatoms. The first-order chi connectivity index (χ1) is 9.76. The van der Waals surface area contributed by atoms with Crippen LogP contribution in [-0.2, 0) is 6.42 Å². The van der Waals surface area contributed by atoms with Crippen molar-refractivity contribution in [3.05, 3.63) is 53.4 Å². The van der Waals surface area contributed by atoms with Crippen LogP contribution in [-0.4, -0.2) is 9.97 Å². The fourth-order valence-electron chi connectivity index (χ4n) is 2.02. The zero-order valence-electron chi connectivity index (χ0n) is 11.2. The van der Waals surface area contributed by atoms with Gasteiger partial charge in [-0.2, -0.15) is 0 Å².